The highest BCUT2D eigenvalue weighted by Gasteiger charge is 2.07. The average Bonchev–Trinajstić information content (AvgIpc) is 2.15. The van der Waals surface area contributed by atoms with Crippen LogP contribution in [0.25, 0.3) is 10.9 Å². The molecular formula is C10H8BrNO. The first-order valence-electron chi connectivity index (χ1n) is 3.94. The monoisotopic (exact) mass is 237 g/mol. The van der Waals surface area contributed by atoms with Crippen LogP contribution >= 0.6 is 15.9 Å². The molecule has 2 rings (SSSR count). The van der Waals surface area contributed by atoms with E-state index in [2.05, 4.69) is 20.9 Å². The van der Waals surface area contributed by atoms with Gasteiger partial charge in [0.2, 0.25) is 5.88 Å². The number of hydrogen-bond donors (Lipinski definition) is 1. The second-order valence-electron chi connectivity index (χ2n) is 2.89. The Morgan fingerprint density at radius 1 is 1.31 bits per heavy atom. The van der Waals surface area contributed by atoms with Gasteiger partial charge in [-0.1, -0.05) is 18.2 Å². The van der Waals surface area contributed by atoms with Gasteiger partial charge in [0, 0.05) is 15.4 Å². The van der Waals surface area contributed by atoms with Crippen LogP contribution < -0.4 is 0 Å². The minimum Gasteiger partial charge on any atom is -0.493 e. The van der Waals surface area contributed by atoms with E-state index in [1.807, 2.05) is 31.2 Å². The van der Waals surface area contributed by atoms with Gasteiger partial charge in [-0.3, -0.25) is 0 Å². The lowest BCUT2D eigenvalue weighted by molar-refractivity contribution is 0.451. The highest BCUT2D eigenvalue weighted by molar-refractivity contribution is 9.10. The Balaban J connectivity index is 2.94. The van der Waals surface area contributed by atoms with Crippen LogP contribution in [-0.4, -0.2) is 10.1 Å². The maximum absolute atomic E-state index is 9.46. The van der Waals surface area contributed by atoms with Crippen molar-refractivity contribution in [3.63, 3.8) is 0 Å². The van der Waals surface area contributed by atoms with Gasteiger partial charge in [0.1, 0.15) is 0 Å². The summed E-state index contributed by atoms with van der Waals surface area (Å²) in [6, 6.07) is 7.69. The number of nitrogens with zero attached hydrogens (tertiary/aromatic N) is 1. The molecule has 0 spiro atoms. The van der Waals surface area contributed by atoms with Gasteiger partial charge in [0.25, 0.3) is 0 Å². The van der Waals surface area contributed by atoms with Crippen molar-refractivity contribution < 1.29 is 5.11 Å². The average molecular weight is 238 g/mol. The first-order valence-corrected chi connectivity index (χ1v) is 4.73. The van der Waals surface area contributed by atoms with Crippen LogP contribution in [0.15, 0.2) is 28.7 Å². The number of aromatic nitrogens is 1. The number of aromatic hydroxyl groups is 1. The van der Waals surface area contributed by atoms with Gasteiger partial charge in [-0.25, -0.2) is 4.98 Å². The molecule has 2 aromatic rings. The molecule has 13 heavy (non-hydrogen) atoms. The summed E-state index contributed by atoms with van der Waals surface area (Å²) in [6.07, 6.45) is 0. The number of hydrogen-bond acceptors (Lipinski definition) is 2. The molecule has 0 fully saturated rings. The number of para-hydroxylation sites is 1. The predicted octanol–water partition coefficient (Wildman–Crippen LogP) is 3.01. The van der Waals surface area contributed by atoms with E-state index < -0.39 is 0 Å². The van der Waals surface area contributed by atoms with Crippen LogP contribution in [0, 0.1) is 6.92 Å². The van der Waals surface area contributed by atoms with Crippen molar-refractivity contribution in [1.29, 1.82) is 0 Å². The van der Waals surface area contributed by atoms with Gasteiger partial charge >= 0.3 is 0 Å². The van der Waals surface area contributed by atoms with Crippen molar-refractivity contribution in [2.45, 2.75) is 6.92 Å². The van der Waals surface area contributed by atoms with Crippen molar-refractivity contribution in [3.05, 3.63) is 34.3 Å². The first-order chi connectivity index (χ1) is 6.20. The van der Waals surface area contributed by atoms with E-state index in [0.717, 1.165) is 20.9 Å². The zero-order valence-electron chi connectivity index (χ0n) is 7.08. The van der Waals surface area contributed by atoms with Crippen LogP contribution in [0.4, 0.5) is 0 Å². The van der Waals surface area contributed by atoms with Crippen LogP contribution in [0.3, 0.4) is 0 Å². The second kappa shape index (κ2) is 3.00. The summed E-state index contributed by atoms with van der Waals surface area (Å²) in [6.45, 7) is 1.83. The molecule has 0 aliphatic heterocycles. The van der Waals surface area contributed by atoms with Crippen molar-refractivity contribution in [2.75, 3.05) is 0 Å². The van der Waals surface area contributed by atoms with E-state index in [4.69, 9.17) is 0 Å². The summed E-state index contributed by atoms with van der Waals surface area (Å²) < 4.78 is 0.913. The lowest BCUT2D eigenvalue weighted by atomic mass is 10.2. The number of pyridine rings is 1. The molecule has 0 unspecified atom stereocenters. The Labute approximate surface area is 84.4 Å². The third kappa shape index (κ3) is 1.29. The van der Waals surface area contributed by atoms with E-state index in [0.29, 0.717) is 0 Å². The van der Waals surface area contributed by atoms with Crippen LogP contribution in [0.5, 0.6) is 5.88 Å². The van der Waals surface area contributed by atoms with Gasteiger partial charge < -0.3 is 5.11 Å². The maximum atomic E-state index is 9.46. The summed E-state index contributed by atoms with van der Waals surface area (Å²) >= 11 is 3.43. The molecule has 0 atom stereocenters. The fraction of sp³-hybridized carbons (Fsp3) is 0.100. The van der Waals surface area contributed by atoms with Gasteiger partial charge in [0.05, 0.1) is 5.52 Å². The molecule has 0 saturated heterocycles. The summed E-state index contributed by atoms with van der Waals surface area (Å²) in [5, 5.41) is 10.5. The lowest BCUT2D eigenvalue weighted by Gasteiger charge is -2.04. The fourth-order valence-electron chi connectivity index (χ4n) is 1.25. The molecule has 1 aromatic heterocycles. The normalized spacial score (nSPS) is 10.6. The van der Waals surface area contributed by atoms with E-state index in [-0.39, 0.29) is 5.88 Å². The third-order valence-corrected chi connectivity index (χ3v) is 3.05. The Morgan fingerprint density at radius 3 is 2.77 bits per heavy atom. The topological polar surface area (TPSA) is 33.1 Å². The molecule has 0 aliphatic rings. The SMILES string of the molecule is Cc1c(O)nc2ccccc2c1Br. The van der Waals surface area contributed by atoms with Gasteiger partial charge in [-0.05, 0) is 28.9 Å². The Morgan fingerprint density at radius 2 is 2.00 bits per heavy atom. The standard InChI is InChI=1S/C10H8BrNO/c1-6-9(11)7-4-2-3-5-8(7)12-10(6)13/h2-5H,1H3,(H,12,13). The van der Waals surface area contributed by atoms with Crippen molar-refractivity contribution in [1.82, 2.24) is 4.98 Å². The molecule has 0 amide bonds. The lowest BCUT2D eigenvalue weighted by Crippen LogP contribution is -1.85. The Hall–Kier alpha value is -1.09. The van der Waals surface area contributed by atoms with Crippen LogP contribution in [0.2, 0.25) is 0 Å². The third-order valence-electron chi connectivity index (χ3n) is 2.03. The molecule has 66 valence electrons. The van der Waals surface area contributed by atoms with E-state index in [9.17, 15) is 5.11 Å². The minimum absolute atomic E-state index is 0.0885. The molecule has 0 bridgehead atoms. The highest BCUT2D eigenvalue weighted by Crippen LogP contribution is 2.30. The molecule has 1 heterocycles. The van der Waals surface area contributed by atoms with Crippen molar-refractivity contribution >= 4 is 26.8 Å². The molecular weight excluding hydrogens is 230 g/mol. The number of fused-ring (bicyclic) bond motifs is 1. The molecule has 0 radical (unpaired) electrons. The second-order valence-corrected chi connectivity index (χ2v) is 3.68. The van der Waals surface area contributed by atoms with Crippen molar-refractivity contribution in [2.24, 2.45) is 0 Å². The minimum atomic E-state index is 0.0885. The van der Waals surface area contributed by atoms with Gasteiger partial charge in [-0.2, -0.15) is 0 Å². The molecule has 1 aromatic carbocycles. The summed E-state index contributed by atoms with van der Waals surface area (Å²) in [7, 11) is 0. The van der Waals surface area contributed by atoms with Crippen LogP contribution in [-0.2, 0) is 0 Å². The van der Waals surface area contributed by atoms with Crippen molar-refractivity contribution in [3.8, 4) is 5.88 Å². The molecule has 2 nitrogen and oxygen atoms in total. The molecule has 1 N–H and O–H groups in total. The maximum Gasteiger partial charge on any atom is 0.215 e. The molecule has 0 saturated carbocycles. The first kappa shape index (κ1) is 8.51. The number of halogens is 1. The Kier molecular flexibility index (Phi) is 1.96. The fourth-order valence-corrected chi connectivity index (χ4v) is 1.77. The number of rotatable bonds is 0. The highest BCUT2D eigenvalue weighted by atomic mass is 79.9. The summed E-state index contributed by atoms with van der Waals surface area (Å²) in [4.78, 5) is 4.06. The van der Waals surface area contributed by atoms with Crippen LogP contribution in [0.1, 0.15) is 5.56 Å². The van der Waals surface area contributed by atoms with Gasteiger partial charge in [-0.15, -0.1) is 0 Å². The zero-order valence-corrected chi connectivity index (χ0v) is 8.67. The Bertz CT molecular complexity index is 468. The summed E-state index contributed by atoms with van der Waals surface area (Å²) in [5.74, 6) is 0.0885. The zero-order chi connectivity index (χ0) is 9.42. The largest absolute Gasteiger partial charge is 0.493 e. The smallest absolute Gasteiger partial charge is 0.215 e. The number of benzene rings is 1. The van der Waals surface area contributed by atoms with E-state index >= 15 is 0 Å². The van der Waals surface area contributed by atoms with Gasteiger partial charge in [0.15, 0.2) is 0 Å². The quantitative estimate of drug-likeness (QED) is 0.765. The molecule has 3 heteroatoms. The summed E-state index contributed by atoms with van der Waals surface area (Å²) in [5.41, 5.74) is 1.58. The molecule has 0 aliphatic carbocycles. The van der Waals surface area contributed by atoms with E-state index in [1.165, 1.54) is 0 Å². The predicted molar refractivity (Wildman–Crippen MR) is 55.8 cm³/mol. The van der Waals surface area contributed by atoms with E-state index in [1.54, 1.807) is 0 Å².